The van der Waals surface area contributed by atoms with E-state index in [0.717, 1.165) is 46.2 Å². The van der Waals surface area contributed by atoms with Gasteiger partial charge in [0.2, 0.25) is 17.7 Å². The second kappa shape index (κ2) is 15.2. The Morgan fingerprint density at radius 2 is 1.41 bits per heavy atom. The van der Waals surface area contributed by atoms with Gasteiger partial charge in [-0.1, -0.05) is 65.7 Å². The largest absolute Gasteiger partial charge is 0.481 e. The minimum absolute atomic E-state index is 0.0696. The molecule has 5 heterocycles. The summed E-state index contributed by atoms with van der Waals surface area (Å²) in [6.45, 7) is 2.24. The van der Waals surface area contributed by atoms with Crippen LogP contribution in [0.15, 0.2) is 77.7 Å². The van der Waals surface area contributed by atoms with Crippen LogP contribution in [0.25, 0.3) is 39.2 Å². The van der Waals surface area contributed by atoms with Crippen molar-refractivity contribution < 1.29 is 14.3 Å². The van der Waals surface area contributed by atoms with Crippen molar-refractivity contribution in [1.29, 1.82) is 0 Å². The Kier molecular flexibility index (Phi) is 10.3. The van der Waals surface area contributed by atoms with Crippen LogP contribution in [0.2, 0.25) is 10.0 Å². The van der Waals surface area contributed by atoms with Crippen LogP contribution in [0, 0.1) is 0 Å². The summed E-state index contributed by atoms with van der Waals surface area (Å²) in [6.07, 6.45) is 4.48. The van der Waals surface area contributed by atoms with Gasteiger partial charge in [0.05, 0.1) is 28.5 Å². The minimum atomic E-state index is -0.206. The third-order valence-corrected chi connectivity index (χ3v) is 10.1. The molecular formula is C38H37Cl2N7O4. The monoisotopic (exact) mass is 725 g/mol. The SMILES string of the molecule is COc1nc(-c2cccc(-c3cccc(-c4ccc5nc(CNC[C@@H]6CCC(=O)N6)cc(=O)n5c4)c3Cl)c2Cl)ccc1CNC[C@@H]1CCC(=O)N1. The zero-order chi connectivity index (χ0) is 35.5. The van der Waals surface area contributed by atoms with Crippen LogP contribution < -0.4 is 31.6 Å². The zero-order valence-electron chi connectivity index (χ0n) is 28.0. The molecule has 51 heavy (non-hydrogen) atoms. The van der Waals surface area contributed by atoms with Gasteiger partial charge in [-0.15, -0.1) is 0 Å². The highest BCUT2D eigenvalue weighted by atomic mass is 35.5. The van der Waals surface area contributed by atoms with Gasteiger partial charge in [0, 0.05) is 96.7 Å². The molecule has 0 saturated carbocycles. The average molecular weight is 727 g/mol. The van der Waals surface area contributed by atoms with E-state index in [0.29, 0.717) is 72.0 Å². The van der Waals surface area contributed by atoms with Gasteiger partial charge < -0.3 is 26.0 Å². The molecule has 2 aliphatic heterocycles. The number of pyridine rings is 2. The maximum Gasteiger partial charge on any atom is 0.258 e. The summed E-state index contributed by atoms with van der Waals surface area (Å²) in [4.78, 5) is 45.6. The third kappa shape index (κ3) is 7.62. The van der Waals surface area contributed by atoms with Gasteiger partial charge in [-0.05, 0) is 31.0 Å². The van der Waals surface area contributed by atoms with Crippen LogP contribution in [-0.2, 0) is 22.7 Å². The number of hydrogen-bond donors (Lipinski definition) is 4. The average Bonchev–Trinajstić information content (AvgIpc) is 3.75. The molecule has 7 rings (SSSR count). The van der Waals surface area contributed by atoms with E-state index >= 15 is 0 Å². The van der Waals surface area contributed by atoms with E-state index in [-0.39, 0.29) is 29.5 Å². The van der Waals surface area contributed by atoms with Gasteiger partial charge in [0.1, 0.15) is 5.65 Å². The first kappa shape index (κ1) is 34.6. The highest BCUT2D eigenvalue weighted by Crippen LogP contribution is 2.42. The van der Waals surface area contributed by atoms with Gasteiger partial charge in [-0.2, -0.15) is 0 Å². The maximum atomic E-state index is 13.2. The number of hydrogen-bond acceptors (Lipinski definition) is 8. The van der Waals surface area contributed by atoms with Gasteiger partial charge in [-0.25, -0.2) is 9.97 Å². The first-order valence-electron chi connectivity index (χ1n) is 16.9. The summed E-state index contributed by atoms with van der Waals surface area (Å²) >= 11 is 14.2. The molecule has 4 N–H and O–H groups in total. The van der Waals surface area contributed by atoms with E-state index in [1.165, 1.54) is 10.5 Å². The Hall–Kier alpha value is -4.81. The molecule has 2 aliphatic rings. The van der Waals surface area contributed by atoms with Gasteiger partial charge >= 0.3 is 0 Å². The maximum absolute atomic E-state index is 13.2. The quantitative estimate of drug-likeness (QED) is 0.139. The van der Waals surface area contributed by atoms with E-state index in [1.807, 2.05) is 54.6 Å². The lowest BCUT2D eigenvalue weighted by Crippen LogP contribution is -2.35. The summed E-state index contributed by atoms with van der Waals surface area (Å²) < 4.78 is 7.15. The van der Waals surface area contributed by atoms with Crippen LogP contribution >= 0.6 is 23.2 Å². The number of nitrogens with zero attached hydrogens (tertiary/aromatic N) is 3. The Bertz CT molecular complexity index is 2190. The summed E-state index contributed by atoms with van der Waals surface area (Å²) in [5.74, 6) is 0.647. The summed E-state index contributed by atoms with van der Waals surface area (Å²) in [5, 5.41) is 13.6. The lowest BCUT2D eigenvalue weighted by atomic mass is 9.97. The normalized spacial score (nSPS) is 17.2. The van der Waals surface area contributed by atoms with Gasteiger partial charge in [-0.3, -0.25) is 18.8 Å². The standard InChI is InChI=1S/C38H37Cl2N7O4/c1-51-38-22(17-41-18-24-10-14-33(48)44-24)8-12-31(46-38)30-7-3-6-29(37(30)40)28-5-2-4-27(36(28)39)23-9-13-32-43-26(16-35(50)47(32)21-23)20-42-19-25-11-15-34(49)45-25/h2-9,12-13,16,21,24-25,41-42H,10-11,14-15,17-20H2,1H3,(H,44,48)(H,45,49)/t24-,25-/m0/s1. The van der Waals surface area contributed by atoms with Crippen molar-refractivity contribution in [3.8, 4) is 39.4 Å². The van der Waals surface area contributed by atoms with Crippen molar-refractivity contribution >= 4 is 40.7 Å². The fraction of sp³-hybridized carbons (Fsp3) is 0.289. The van der Waals surface area contributed by atoms with Crippen molar-refractivity contribution in [1.82, 2.24) is 35.6 Å². The van der Waals surface area contributed by atoms with Crippen molar-refractivity contribution in [2.24, 2.45) is 0 Å². The fourth-order valence-electron chi connectivity index (χ4n) is 6.65. The number of ether oxygens (including phenoxy) is 1. The van der Waals surface area contributed by atoms with E-state index in [1.54, 1.807) is 19.4 Å². The number of methoxy groups -OCH3 is 1. The van der Waals surface area contributed by atoms with Crippen LogP contribution in [0.1, 0.15) is 36.9 Å². The van der Waals surface area contributed by atoms with Gasteiger partial charge in [0.15, 0.2) is 0 Å². The Morgan fingerprint density at radius 3 is 2.06 bits per heavy atom. The Morgan fingerprint density at radius 1 is 0.784 bits per heavy atom. The number of fused-ring (bicyclic) bond motifs is 1. The van der Waals surface area contributed by atoms with Crippen LogP contribution in [0.5, 0.6) is 5.88 Å². The highest BCUT2D eigenvalue weighted by Gasteiger charge is 2.22. The van der Waals surface area contributed by atoms with E-state index in [9.17, 15) is 14.4 Å². The summed E-state index contributed by atoms with van der Waals surface area (Å²) in [7, 11) is 1.59. The molecule has 2 fully saturated rings. The number of halogens is 2. The second-order valence-corrected chi connectivity index (χ2v) is 13.6. The number of benzene rings is 2. The topological polar surface area (TPSA) is 139 Å². The number of amides is 2. The fourth-order valence-corrected chi connectivity index (χ4v) is 7.31. The van der Waals surface area contributed by atoms with Crippen LogP contribution in [0.3, 0.4) is 0 Å². The number of carbonyl (C=O) groups is 2. The molecule has 0 spiro atoms. The van der Waals surface area contributed by atoms with Crippen molar-refractivity contribution in [2.75, 3.05) is 20.2 Å². The van der Waals surface area contributed by atoms with Crippen LogP contribution in [0.4, 0.5) is 0 Å². The summed E-state index contributed by atoms with van der Waals surface area (Å²) in [6, 6.07) is 20.8. The molecule has 3 aromatic heterocycles. The number of nitrogens with one attached hydrogen (secondary N) is 4. The Labute approximate surface area is 304 Å². The molecule has 2 amide bonds. The molecule has 262 valence electrons. The van der Waals surface area contributed by atoms with E-state index < -0.39 is 0 Å². The molecule has 2 atom stereocenters. The molecule has 0 bridgehead atoms. The predicted molar refractivity (Wildman–Crippen MR) is 198 cm³/mol. The second-order valence-electron chi connectivity index (χ2n) is 12.8. The number of aromatic nitrogens is 3. The lowest BCUT2D eigenvalue weighted by Gasteiger charge is -2.16. The molecule has 0 unspecified atom stereocenters. The number of carbonyl (C=O) groups excluding carboxylic acids is 2. The van der Waals surface area contributed by atoms with E-state index in [2.05, 4.69) is 26.3 Å². The molecule has 11 nitrogen and oxygen atoms in total. The summed E-state index contributed by atoms with van der Waals surface area (Å²) in [5.41, 5.74) is 6.17. The predicted octanol–water partition coefficient (Wildman–Crippen LogP) is 5.14. The lowest BCUT2D eigenvalue weighted by molar-refractivity contribution is -0.120. The molecule has 0 aliphatic carbocycles. The van der Waals surface area contributed by atoms with Crippen molar-refractivity contribution in [3.05, 3.63) is 105 Å². The van der Waals surface area contributed by atoms with E-state index in [4.69, 9.17) is 32.9 Å². The van der Waals surface area contributed by atoms with Crippen molar-refractivity contribution in [2.45, 2.75) is 50.9 Å². The molecule has 13 heteroatoms. The zero-order valence-corrected chi connectivity index (χ0v) is 29.5. The molecular weight excluding hydrogens is 689 g/mol. The Balaban J connectivity index is 1.10. The molecule has 2 saturated heterocycles. The van der Waals surface area contributed by atoms with Crippen molar-refractivity contribution in [3.63, 3.8) is 0 Å². The van der Waals surface area contributed by atoms with Gasteiger partial charge in [0.25, 0.3) is 5.56 Å². The molecule has 2 aromatic carbocycles. The minimum Gasteiger partial charge on any atom is -0.481 e. The third-order valence-electron chi connectivity index (χ3n) is 9.29. The smallest absolute Gasteiger partial charge is 0.258 e. The highest BCUT2D eigenvalue weighted by molar-refractivity contribution is 6.39. The molecule has 0 radical (unpaired) electrons. The first-order chi connectivity index (χ1) is 24.8. The first-order valence-corrected chi connectivity index (χ1v) is 17.7. The molecule has 5 aromatic rings. The van der Waals surface area contributed by atoms with Crippen LogP contribution in [-0.4, -0.2) is 58.5 Å². The number of rotatable bonds is 12.